The lowest BCUT2D eigenvalue weighted by molar-refractivity contribution is 0.0235. The first-order valence-corrected chi connectivity index (χ1v) is 9.04. The van der Waals surface area contributed by atoms with Gasteiger partial charge < -0.3 is 9.84 Å². The molecule has 1 N–H and O–H groups in total. The molecule has 0 bridgehead atoms. The molecule has 24 heavy (non-hydrogen) atoms. The molecule has 1 saturated heterocycles. The summed E-state index contributed by atoms with van der Waals surface area (Å²) in [5, 5.41) is 14.6. The lowest BCUT2D eigenvalue weighted by Crippen LogP contribution is -2.39. The number of hydrogen-bond acceptors (Lipinski definition) is 6. The Morgan fingerprint density at radius 3 is 2.83 bits per heavy atom. The zero-order chi connectivity index (χ0) is 16.7. The molecule has 3 aromatic rings. The normalized spacial score (nSPS) is 17.4. The Balaban J connectivity index is 1.86. The first-order valence-electron chi connectivity index (χ1n) is 7.43. The van der Waals surface area contributed by atoms with E-state index in [1.165, 1.54) is 28.2 Å². The van der Waals surface area contributed by atoms with Crippen molar-refractivity contribution in [3.05, 3.63) is 45.3 Å². The SMILES string of the molecule is Oc1c([C@@H](c2ccc(Br)cc2F)N2CCOCC2)sc2ncnn12. The molecule has 4 rings (SSSR count). The molecule has 0 radical (unpaired) electrons. The van der Waals surface area contributed by atoms with Gasteiger partial charge in [0.1, 0.15) is 12.1 Å². The molecule has 6 nitrogen and oxygen atoms in total. The molecular weight excluding hydrogens is 399 g/mol. The summed E-state index contributed by atoms with van der Waals surface area (Å²) < 4.78 is 22.1. The topological polar surface area (TPSA) is 62.9 Å². The highest BCUT2D eigenvalue weighted by Gasteiger charge is 2.32. The van der Waals surface area contributed by atoms with E-state index in [0.29, 0.717) is 46.2 Å². The van der Waals surface area contributed by atoms with Crippen LogP contribution in [0.2, 0.25) is 0 Å². The summed E-state index contributed by atoms with van der Waals surface area (Å²) in [6, 6.07) is 4.58. The molecule has 3 heterocycles. The molecule has 1 aromatic carbocycles. The fraction of sp³-hybridized carbons (Fsp3) is 0.333. The zero-order valence-electron chi connectivity index (χ0n) is 12.5. The van der Waals surface area contributed by atoms with Crippen molar-refractivity contribution in [1.29, 1.82) is 0 Å². The van der Waals surface area contributed by atoms with Gasteiger partial charge in [0, 0.05) is 23.1 Å². The van der Waals surface area contributed by atoms with Crippen LogP contribution >= 0.6 is 27.3 Å². The number of aromatic hydroxyl groups is 1. The number of ether oxygens (including phenoxy) is 1. The van der Waals surface area contributed by atoms with E-state index in [9.17, 15) is 9.50 Å². The second kappa shape index (κ2) is 6.40. The number of nitrogens with zero attached hydrogens (tertiary/aromatic N) is 4. The van der Waals surface area contributed by atoms with Crippen LogP contribution in [0.4, 0.5) is 4.39 Å². The molecule has 126 valence electrons. The number of fused-ring (bicyclic) bond motifs is 1. The molecule has 0 saturated carbocycles. The van der Waals surface area contributed by atoms with Crippen LogP contribution in [0.25, 0.3) is 4.96 Å². The Morgan fingerprint density at radius 2 is 2.12 bits per heavy atom. The van der Waals surface area contributed by atoms with Crippen LogP contribution in [0.15, 0.2) is 29.0 Å². The largest absolute Gasteiger partial charge is 0.492 e. The molecule has 0 spiro atoms. The minimum Gasteiger partial charge on any atom is -0.492 e. The number of thiazole rings is 1. The lowest BCUT2D eigenvalue weighted by atomic mass is 10.0. The van der Waals surface area contributed by atoms with Gasteiger partial charge in [-0.3, -0.25) is 4.90 Å². The van der Waals surface area contributed by atoms with Gasteiger partial charge in [-0.15, -0.1) is 0 Å². The number of hydrogen-bond donors (Lipinski definition) is 1. The van der Waals surface area contributed by atoms with Crippen molar-refractivity contribution in [2.75, 3.05) is 26.3 Å². The summed E-state index contributed by atoms with van der Waals surface area (Å²) in [7, 11) is 0. The van der Waals surface area contributed by atoms with Crippen molar-refractivity contribution in [2.45, 2.75) is 6.04 Å². The third kappa shape index (κ3) is 2.71. The third-order valence-corrected chi connectivity index (χ3v) is 5.63. The maximum absolute atomic E-state index is 14.7. The Hall–Kier alpha value is -1.55. The van der Waals surface area contributed by atoms with Crippen molar-refractivity contribution < 1.29 is 14.2 Å². The van der Waals surface area contributed by atoms with Gasteiger partial charge in [0.15, 0.2) is 0 Å². The van der Waals surface area contributed by atoms with E-state index in [4.69, 9.17) is 4.74 Å². The highest BCUT2D eigenvalue weighted by Crippen LogP contribution is 2.41. The second-order valence-electron chi connectivity index (χ2n) is 5.46. The third-order valence-electron chi connectivity index (χ3n) is 4.05. The Bertz CT molecular complexity index is 878. The van der Waals surface area contributed by atoms with E-state index >= 15 is 0 Å². The van der Waals surface area contributed by atoms with E-state index < -0.39 is 6.04 Å². The Morgan fingerprint density at radius 1 is 1.33 bits per heavy atom. The van der Waals surface area contributed by atoms with Crippen molar-refractivity contribution in [2.24, 2.45) is 0 Å². The zero-order valence-corrected chi connectivity index (χ0v) is 14.9. The highest BCUT2D eigenvalue weighted by atomic mass is 79.9. The van der Waals surface area contributed by atoms with Gasteiger partial charge in [-0.1, -0.05) is 33.3 Å². The van der Waals surface area contributed by atoms with Crippen LogP contribution in [0, 0.1) is 5.82 Å². The monoisotopic (exact) mass is 412 g/mol. The summed E-state index contributed by atoms with van der Waals surface area (Å²) in [6.07, 6.45) is 1.39. The van der Waals surface area contributed by atoms with Gasteiger partial charge in [0.2, 0.25) is 10.8 Å². The smallest absolute Gasteiger partial charge is 0.230 e. The minimum atomic E-state index is -0.407. The van der Waals surface area contributed by atoms with E-state index in [-0.39, 0.29) is 11.7 Å². The first kappa shape index (κ1) is 15.9. The van der Waals surface area contributed by atoms with E-state index in [0.717, 1.165) is 0 Å². The molecule has 9 heteroatoms. The van der Waals surface area contributed by atoms with Crippen LogP contribution in [0.1, 0.15) is 16.5 Å². The minimum absolute atomic E-state index is 0.00584. The highest BCUT2D eigenvalue weighted by molar-refractivity contribution is 9.10. The average molecular weight is 413 g/mol. The lowest BCUT2D eigenvalue weighted by Gasteiger charge is -2.34. The van der Waals surface area contributed by atoms with Crippen LogP contribution < -0.4 is 0 Å². The van der Waals surface area contributed by atoms with Crippen molar-refractivity contribution in [3.63, 3.8) is 0 Å². The maximum Gasteiger partial charge on any atom is 0.230 e. The molecule has 2 aromatic heterocycles. The Kier molecular flexibility index (Phi) is 4.25. The predicted molar refractivity (Wildman–Crippen MR) is 90.9 cm³/mol. The summed E-state index contributed by atoms with van der Waals surface area (Å²) in [5.74, 6) is -0.314. The number of halogens is 2. The predicted octanol–water partition coefficient (Wildman–Crippen LogP) is 2.82. The fourth-order valence-electron chi connectivity index (χ4n) is 2.93. The molecule has 1 fully saturated rings. The Labute approximate surface area is 149 Å². The summed E-state index contributed by atoms with van der Waals surface area (Å²) in [5.41, 5.74) is 0.514. The van der Waals surface area contributed by atoms with Crippen LogP contribution in [0.3, 0.4) is 0 Å². The number of morpholine rings is 1. The maximum atomic E-state index is 14.7. The molecule has 1 aliphatic rings. The molecule has 0 aliphatic carbocycles. The molecule has 0 unspecified atom stereocenters. The number of aromatic nitrogens is 3. The second-order valence-corrected chi connectivity index (χ2v) is 7.39. The quantitative estimate of drug-likeness (QED) is 0.716. The van der Waals surface area contributed by atoms with Gasteiger partial charge in [-0.2, -0.15) is 9.61 Å². The summed E-state index contributed by atoms with van der Waals surface area (Å²) in [4.78, 5) is 7.45. The number of benzene rings is 1. The van der Waals surface area contributed by atoms with E-state index in [1.807, 2.05) is 0 Å². The van der Waals surface area contributed by atoms with Crippen LogP contribution in [-0.4, -0.2) is 50.9 Å². The van der Waals surface area contributed by atoms with Gasteiger partial charge in [0.05, 0.1) is 24.1 Å². The average Bonchev–Trinajstić information content (AvgIpc) is 3.15. The fourth-order valence-corrected chi connectivity index (χ4v) is 4.35. The molecule has 1 aliphatic heterocycles. The van der Waals surface area contributed by atoms with Gasteiger partial charge >= 0.3 is 0 Å². The number of rotatable bonds is 3. The molecular formula is C15H14BrFN4O2S. The van der Waals surface area contributed by atoms with Crippen LogP contribution in [-0.2, 0) is 4.74 Å². The van der Waals surface area contributed by atoms with E-state index in [1.54, 1.807) is 12.1 Å². The summed E-state index contributed by atoms with van der Waals surface area (Å²) >= 11 is 4.61. The van der Waals surface area contributed by atoms with Crippen LogP contribution in [0.5, 0.6) is 5.88 Å². The summed E-state index contributed by atoms with van der Waals surface area (Å²) in [6.45, 7) is 2.48. The standard InChI is InChI=1S/C15H14BrFN4O2S/c16-9-1-2-10(11(17)7-9)12(20-3-5-23-6-4-20)13-14(22)21-15(24-13)18-8-19-21/h1-2,7-8,12,22H,3-6H2/t12-/m1/s1. The molecule has 1 atom stereocenters. The van der Waals surface area contributed by atoms with Gasteiger partial charge in [-0.05, 0) is 12.1 Å². The van der Waals surface area contributed by atoms with Crippen molar-refractivity contribution >= 4 is 32.2 Å². The van der Waals surface area contributed by atoms with Gasteiger partial charge in [0.25, 0.3) is 0 Å². The van der Waals surface area contributed by atoms with Crippen molar-refractivity contribution in [3.8, 4) is 5.88 Å². The molecule has 0 amide bonds. The van der Waals surface area contributed by atoms with Gasteiger partial charge in [-0.25, -0.2) is 9.37 Å². The van der Waals surface area contributed by atoms with E-state index in [2.05, 4.69) is 30.9 Å². The first-order chi connectivity index (χ1) is 11.6. The van der Waals surface area contributed by atoms with Crippen molar-refractivity contribution in [1.82, 2.24) is 19.5 Å².